The zero-order valence-corrected chi connectivity index (χ0v) is 12.8. The standard InChI is InChI=1S/C15H12N2O2S2/c1-20-11-4-2-9(3-5-11)14-17-13(8-21-14)10-6-12(15(18)19)16-7-10/h2-8,16H,1H3,(H,18,19). The van der Waals surface area contributed by atoms with Crippen molar-refractivity contribution < 1.29 is 9.90 Å². The number of nitrogens with one attached hydrogen (secondary N) is 1. The maximum Gasteiger partial charge on any atom is 0.352 e. The van der Waals surface area contributed by atoms with Gasteiger partial charge in [0.05, 0.1) is 5.69 Å². The van der Waals surface area contributed by atoms with E-state index in [4.69, 9.17) is 5.11 Å². The Labute approximate surface area is 129 Å². The van der Waals surface area contributed by atoms with Crippen LogP contribution in [0.1, 0.15) is 10.5 Å². The van der Waals surface area contributed by atoms with Gasteiger partial charge in [-0.1, -0.05) is 12.1 Å². The fourth-order valence-electron chi connectivity index (χ4n) is 1.94. The molecular weight excluding hydrogens is 304 g/mol. The monoisotopic (exact) mass is 316 g/mol. The minimum absolute atomic E-state index is 0.170. The summed E-state index contributed by atoms with van der Waals surface area (Å²) < 4.78 is 0. The number of nitrogens with zero attached hydrogens (tertiary/aromatic N) is 1. The molecule has 0 aliphatic rings. The molecule has 106 valence electrons. The molecule has 0 unspecified atom stereocenters. The van der Waals surface area contributed by atoms with Crippen molar-refractivity contribution in [2.75, 3.05) is 6.26 Å². The van der Waals surface area contributed by atoms with Gasteiger partial charge in [0.15, 0.2) is 0 Å². The Morgan fingerprint density at radius 3 is 2.67 bits per heavy atom. The van der Waals surface area contributed by atoms with Crippen LogP contribution in [0.4, 0.5) is 0 Å². The lowest BCUT2D eigenvalue weighted by Gasteiger charge is -1.98. The van der Waals surface area contributed by atoms with Crippen LogP contribution in [0.2, 0.25) is 0 Å². The quantitative estimate of drug-likeness (QED) is 0.707. The SMILES string of the molecule is CSc1ccc(-c2nc(-c3c[nH]c(C(=O)O)c3)cs2)cc1. The first-order valence-electron chi connectivity index (χ1n) is 6.19. The number of carbonyl (C=O) groups is 1. The molecule has 0 radical (unpaired) electrons. The van der Waals surface area contributed by atoms with E-state index in [-0.39, 0.29) is 5.69 Å². The van der Waals surface area contributed by atoms with Crippen molar-refractivity contribution in [3.8, 4) is 21.8 Å². The van der Waals surface area contributed by atoms with Gasteiger partial charge in [0.2, 0.25) is 0 Å². The number of aromatic carboxylic acids is 1. The zero-order valence-electron chi connectivity index (χ0n) is 11.2. The number of thiazole rings is 1. The maximum absolute atomic E-state index is 10.9. The van der Waals surface area contributed by atoms with Gasteiger partial charge in [-0.15, -0.1) is 23.1 Å². The van der Waals surface area contributed by atoms with E-state index < -0.39 is 5.97 Å². The molecule has 0 saturated carbocycles. The molecular formula is C15H12N2O2S2. The van der Waals surface area contributed by atoms with Crippen LogP contribution in [-0.2, 0) is 0 Å². The summed E-state index contributed by atoms with van der Waals surface area (Å²) in [6.07, 6.45) is 3.71. The lowest BCUT2D eigenvalue weighted by Crippen LogP contribution is -1.94. The van der Waals surface area contributed by atoms with Crippen LogP contribution in [0.15, 0.2) is 46.8 Å². The Kier molecular flexibility index (Phi) is 3.81. The van der Waals surface area contributed by atoms with E-state index in [1.54, 1.807) is 35.4 Å². The van der Waals surface area contributed by atoms with Gasteiger partial charge < -0.3 is 10.1 Å². The summed E-state index contributed by atoms with van der Waals surface area (Å²) in [5.41, 5.74) is 2.81. The maximum atomic E-state index is 10.9. The first-order valence-corrected chi connectivity index (χ1v) is 8.30. The number of carboxylic acid groups (broad SMARTS) is 1. The molecule has 2 N–H and O–H groups in total. The number of carboxylic acids is 1. The Hall–Kier alpha value is -2.05. The third-order valence-electron chi connectivity index (χ3n) is 3.05. The summed E-state index contributed by atoms with van der Waals surface area (Å²) in [7, 11) is 0. The topological polar surface area (TPSA) is 66.0 Å². The number of H-pyrrole nitrogens is 1. The molecule has 0 aliphatic heterocycles. The molecule has 2 aromatic heterocycles. The summed E-state index contributed by atoms with van der Waals surface area (Å²) in [5, 5.41) is 11.8. The van der Waals surface area contributed by atoms with E-state index in [0.717, 1.165) is 21.8 Å². The molecule has 0 atom stereocenters. The van der Waals surface area contributed by atoms with Crippen molar-refractivity contribution in [1.82, 2.24) is 9.97 Å². The van der Waals surface area contributed by atoms with Gasteiger partial charge in [0.1, 0.15) is 10.7 Å². The van der Waals surface area contributed by atoms with Gasteiger partial charge in [-0.05, 0) is 24.5 Å². The number of aromatic amines is 1. The molecule has 0 spiro atoms. The Morgan fingerprint density at radius 1 is 1.29 bits per heavy atom. The average Bonchev–Trinajstić information content (AvgIpc) is 3.16. The Balaban J connectivity index is 1.89. The highest BCUT2D eigenvalue weighted by atomic mass is 32.2. The van der Waals surface area contributed by atoms with Gasteiger partial charge in [-0.3, -0.25) is 0 Å². The lowest BCUT2D eigenvalue weighted by atomic mass is 10.2. The minimum Gasteiger partial charge on any atom is -0.477 e. The van der Waals surface area contributed by atoms with Crippen LogP contribution in [0.3, 0.4) is 0 Å². The zero-order chi connectivity index (χ0) is 14.8. The number of hydrogen-bond donors (Lipinski definition) is 2. The first kappa shape index (κ1) is 13.9. The fraction of sp³-hybridized carbons (Fsp3) is 0.0667. The second-order valence-corrected chi connectivity index (χ2v) is 6.11. The highest BCUT2D eigenvalue weighted by Gasteiger charge is 2.11. The van der Waals surface area contributed by atoms with Crippen LogP contribution in [0.5, 0.6) is 0 Å². The van der Waals surface area contributed by atoms with Gasteiger partial charge in [0, 0.05) is 27.6 Å². The number of aromatic nitrogens is 2. The van der Waals surface area contributed by atoms with Crippen molar-refractivity contribution in [2.45, 2.75) is 4.90 Å². The number of rotatable bonds is 4. The van der Waals surface area contributed by atoms with Crippen LogP contribution in [0.25, 0.3) is 21.8 Å². The molecule has 0 saturated heterocycles. The summed E-state index contributed by atoms with van der Waals surface area (Å²) in [6, 6.07) is 9.83. The molecule has 0 fully saturated rings. The highest BCUT2D eigenvalue weighted by Crippen LogP contribution is 2.30. The van der Waals surface area contributed by atoms with Crippen molar-refractivity contribution in [1.29, 1.82) is 0 Å². The van der Waals surface area contributed by atoms with E-state index in [9.17, 15) is 4.79 Å². The van der Waals surface area contributed by atoms with Crippen LogP contribution >= 0.6 is 23.1 Å². The molecule has 3 aromatic rings. The molecule has 0 aliphatic carbocycles. The Bertz CT molecular complexity index is 775. The summed E-state index contributed by atoms with van der Waals surface area (Å²) in [5.74, 6) is -0.968. The van der Waals surface area contributed by atoms with Crippen molar-refractivity contribution in [3.05, 3.63) is 47.6 Å². The molecule has 6 heteroatoms. The van der Waals surface area contributed by atoms with E-state index in [0.29, 0.717) is 0 Å². The number of benzene rings is 1. The largest absolute Gasteiger partial charge is 0.477 e. The number of hydrogen-bond acceptors (Lipinski definition) is 4. The minimum atomic E-state index is -0.968. The highest BCUT2D eigenvalue weighted by molar-refractivity contribution is 7.98. The van der Waals surface area contributed by atoms with Crippen molar-refractivity contribution in [3.63, 3.8) is 0 Å². The summed E-state index contributed by atoms with van der Waals surface area (Å²) >= 11 is 3.25. The predicted molar refractivity (Wildman–Crippen MR) is 86.1 cm³/mol. The van der Waals surface area contributed by atoms with Crippen LogP contribution in [-0.4, -0.2) is 27.3 Å². The smallest absolute Gasteiger partial charge is 0.352 e. The van der Waals surface area contributed by atoms with Crippen molar-refractivity contribution in [2.24, 2.45) is 0 Å². The third kappa shape index (κ3) is 2.86. The average molecular weight is 316 g/mol. The van der Waals surface area contributed by atoms with Gasteiger partial charge in [-0.2, -0.15) is 0 Å². The second kappa shape index (κ2) is 5.75. The first-order chi connectivity index (χ1) is 10.2. The molecule has 2 heterocycles. The van der Waals surface area contributed by atoms with Gasteiger partial charge in [0.25, 0.3) is 0 Å². The fourth-order valence-corrected chi connectivity index (χ4v) is 3.18. The second-order valence-electron chi connectivity index (χ2n) is 4.37. The normalized spacial score (nSPS) is 10.7. The number of thioether (sulfide) groups is 1. The van der Waals surface area contributed by atoms with E-state index in [2.05, 4.69) is 22.1 Å². The predicted octanol–water partition coefficient (Wildman–Crippen LogP) is 4.23. The summed E-state index contributed by atoms with van der Waals surface area (Å²) in [6.45, 7) is 0. The van der Waals surface area contributed by atoms with Gasteiger partial charge in [-0.25, -0.2) is 9.78 Å². The molecule has 0 amide bonds. The molecule has 1 aromatic carbocycles. The molecule has 3 rings (SSSR count). The van der Waals surface area contributed by atoms with Crippen molar-refractivity contribution >= 4 is 29.1 Å². The summed E-state index contributed by atoms with van der Waals surface area (Å²) in [4.78, 5) is 19.4. The molecule has 4 nitrogen and oxygen atoms in total. The molecule has 21 heavy (non-hydrogen) atoms. The van der Waals surface area contributed by atoms with Gasteiger partial charge >= 0.3 is 5.97 Å². The van der Waals surface area contributed by atoms with Crippen LogP contribution in [0, 0.1) is 0 Å². The Morgan fingerprint density at radius 2 is 2.05 bits per heavy atom. The van der Waals surface area contributed by atoms with E-state index in [1.165, 1.54) is 4.90 Å². The van der Waals surface area contributed by atoms with E-state index >= 15 is 0 Å². The van der Waals surface area contributed by atoms with Crippen LogP contribution < -0.4 is 0 Å². The van der Waals surface area contributed by atoms with E-state index in [1.807, 2.05) is 23.8 Å². The third-order valence-corrected chi connectivity index (χ3v) is 4.69. The lowest BCUT2D eigenvalue weighted by molar-refractivity contribution is 0.0691. The molecule has 0 bridgehead atoms.